The third-order valence-electron chi connectivity index (χ3n) is 3.06. The molecule has 0 fully saturated rings. The van der Waals surface area contributed by atoms with Crippen LogP contribution in [0.1, 0.15) is 56.3 Å². The summed E-state index contributed by atoms with van der Waals surface area (Å²) in [6.07, 6.45) is 1.82. The molecule has 1 atom stereocenters. The largest absolute Gasteiger partial charge is 0.324 e. The number of rotatable bonds is 3. The predicted octanol–water partition coefficient (Wildman–Crippen LogP) is 4.27. The van der Waals surface area contributed by atoms with Crippen LogP contribution in [0.4, 0.5) is 4.39 Å². The molecule has 1 nitrogen and oxygen atoms in total. The highest BCUT2D eigenvalue weighted by Crippen LogP contribution is 2.29. The lowest BCUT2D eigenvalue weighted by atomic mass is 9.86. The van der Waals surface area contributed by atoms with Crippen molar-refractivity contribution in [3.63, 3.8) is 0 Å². The van der Waals surface area contributed by atoms with E-state index < -0.39 is 0 Å². The topological polar surface area (TPSA) is 26.0 Å². The van der Waals surface area contributed by atoms with Gasteiger partial charge in [-0.3, -0.25) is 0 Å². The Morgan fingerprint density at radius 3 is 2.29 bits per heavy atom. The number of aryl methyl sites for hydroxylation is 2. The minimum Gasteiger partial charge on any atom is -0.324 e. The standard InChI is InChI=1S/C15H24FN/c1-10-8-11(2)14(12(16)9-10)13(17)6-7-15(3,4)5/h8-9,13H,6-7,17H2,1-5H3. The van der Waals surface area contributed by atoms with Crippen LogP contribution in [0.25, 0.3) is 0 Å². The molecule has 1 aromatic rings. The molecular weight excluding hydrogens is 213 g/mol. The average molecular weight is 237 g/mol. The first-order chi connectivity index (χ1) is 7.70. The molecular formula is C15H24FN. The zero-order valence-corrected chi connectivity index (χ0v) is 11.6. The Kier molecular flexibility index (Phi) is 4.31. The van der Waals surface area contributed by atoms with Crippen molar-refractivity contribution < 1.29 is 4.39 Å². The zero-order valence-electron chi connectivity index (χ0n) is 11.6. The highest BCUT2D eigenvalue weighted by Gasteiger charge is 2.18. The monoisotopic (exact) mass is 237 g/mol. The van der Waals surface area contributed by atoms with Crippen LogP contribution in [0.3, 0.4) is 0 Å². The zero-order chi connectivity index (χ0) is 13.2. The van der Waals surface area contributed by atoms with Crippen LogP contribution in [0.2, 0.25) is 0 Å². The van der Waals surface area contributed by atoms with E-state index in [0.717, 1.165) is 24.0 Å². The van der Waals surface area contributed by atoms with E-state index in [4.69, 9.17) is 5.73 Å². The summed E-state index contributed by atoms with van der Waals surface area (Å²) in [7, 11) is 0. The lowest BCUT2D eigenvalue weighted by Gasteiger charge is -2.22. The first kappa shape index (κ1) is 14.2. The summed E-state index contributed by atoms with van der Waals surface area (Å²) >= 11 is 0. The summed E-state index contributed by atoms with van der Waals surface area (Å²) in [6, 6.07) is 3.36. The molecule has 0 saturated carbocycles. The van der Waals surface area contributed by atoms with Crippen molar-refractivity contribution in [3.05, 3.63) is 34.6 Å². The van der Waals surface area contributed by atoms with Gasteiger partial charge in [-0.15, -0.1) is 0 Å². The molecule has 0 radical (unpaired) electrons. The maximum Gasteiger partial charge on any atom is 0.128 e. The smallest absolute Gasteiger partial charge is 0.128 e. The summed E-state index contributed by atoms with van der Waals surface area (Å²) in [6.45, 7) is 10.4. The Bertz CT molecular complexity index is 367. The van der Waals surface area contributed by atoms with E-state index in [1.54, 1.807) is 6.07 Å². The van der Waals surface area contributed by atoms with Crippen molar-refractivity contribution in [1.29, 1.82) is 0 Å². The average Bonchev–Trinajstić information content (AvgIpc) is 2.11. The van der Waals surface area contributed by atoms with Crippen molar-refractivity contribution in [1.82, 2.24) is 0 Å². The van der Waals surface area contributed by atoms with E-state index in [-0.39, 0.29) is 17.3 Å². The molecule has 0 aromatic heterocycles. The molecule has 0 aliphatic carbocycles. The minimum atomic E-state index is -0.199. The molecule has 0 saturated heterocycles. The molecule has 2 N–H and O–H groups in total. The Hall–Kier alpha value is -0.890. The van der Waals surface area contributed by atoms with Crippen LogP contribution in [0, 0.1) is 25.1 Å². The highest BCUT2D eigenvalue weighted by atomic mass is 19.1. The Labute approximate surface area is 104 Å². The molecule has 2 heteroatoms. The summed E-state index contributed by atoms with van der Waals surface area (Å²) < 4.78 is 13.9. The third kappa shape index (κ3) is 4.12. The van der Waals surface area contributed by atoms with Crippen LogP contribution in [0.5, 0.6) is 0 Å². The van der Waals surface area contributed by atoms with Gasteiger partial charge in [0, 0.05) is 11.6 Å². The van der Waals surface area contributed by atoms with Gasteiger partial charge in [-0.25, -0.2) is 4.39 Å². The fourth-order valence-corrected chi connectivity index (χ4v) is 2.13. The maximum absolute atomic E-state index is 13.9. The number of hydrogen-bond donors (Lipinski definition) is 1. The van der Waals surface area contributed by atoms with Crippen LogP contribution in [-0.2, 0) is 0 Å². The van der Waals surface area contributed by atoms with Crippen LogP contribution < -0.4 is 5.73 Å². The minimum absolute atomic E-state index is 0.163. The van der Waals surface area contributed by atoms with Crippen molar-refractivity contribution in [2.45, 2.75) is 53.5 Å². The van der Waals surface area contributed by atoms with Crippen molar-refractivity contribution >= 4 is 0 Å². The highest BCUT2D eigenvalue weighted by molar-refractivity contribution is 5.34. The van der Waals surface area contributed by atoms with Gasteiger partial charge in [-0.2, -0.15) is 0 Å². The molecule has 0 amide bonds. The molecule has 1 unspecified atom stereocenters. The first-order valence-corrected chi connectivity index (χ1v) is 6.23. The third-order valence-corrected chi connectivity index (χ3v) is 3.06. The number of hydrogen-bond acceptors (Lipinski definition) is 1. The summed E-state index contributed by atoms with van der Waals surface area (Å²) in [5.41, 5.74) is 8.95. The molecule has 0 spiro atoms. The summed E-state index contributed by atoms with van der Waals surface area (Å²) in [5, 5.41) is 0. The van der Waals surface area contributed by atoms with Crippen molar-refractivity contribution in [2.24, 2.45) is 11.1 Å². The maximum atomic E-state index is 13.9. The second kappa shape index (κ2) is 5.18. The van der Waals surface area contributed by atoms with E-state index >= 15 is 0 Å². The SMILES string of the molecule is Cc1cc(C)c(C(N)CCC(C)(C)C)c(F)c1. The van der Waals surface area contributed by atoms with Gasteiger partial charge in [0.05, 0.1) is 0 Å². The van der Waals surface area contributed by atoms with Gasteiger partial charge in [0.1, 0.15) is 5.82 Å². The molecule has 1 rings (SSSR count). The number of halogens is 1. The Morgan fingerprint density at radius 2 is 1.82 bits per heavy atom. The van der Waals surface area contributed by atoms with Crippen LogP contribution >= 0.6 is 0 Å². The normalized spacial score (nSPS) is 13.8. The fourth-order valence-electron chi connectivity index (χ4n) is 2.13. The van der Waals surface area contributed by atoms with Crippen LogP contribution in [-0.4, -0.2) is 0 Å². The second-order valence-corrected chi connectivity index (χ2v) is 6.18. The van der Waals surface area contributed by atoms with Gasteiger partial charge >= 0.3 is 0 Å². The first-order valence-electron chi connectivity index (χ1n) is 6.23. The molecule has 0 heterocycles. The van der Waals surface area contributed by atoms with Gasteiger partial charge < -0.3 is 5.73 Å². The lowest BCUT2D eigenvalue weighted by Crippen LogP contribution is -2.17. The van der Waals surface area contributed by atoms with Crippen molar-refractivity contribution in [2.75, 3.05) is 0 Å². The summed E-state index contributed by atoms with van der Waals surface area (Å²) in [4.78, 5) is 0. The quantitative estimate of drug-likeness (QED) is 0.834. The van der Waals surface area contributed by atoms with Gasteiger partial charge in [-0.1, -0.05) is 26.8 Å². The number of benzene rings is 1. The van der Waals surface area contributed by atoms with E-state index in [9.17, 15) is 4.39 Å². The molecule has 96 valence electrons. The van der Waals surface area contributed by atoms with E-state index in [1.165, 1.54) is 0 Å². The van der Waals surface area contributed by atoms with E-state index in [0.29, 0.717) is 5.56 Å². The van der Waals surface area contributed by atoms with E-state index in [2.05, 4.69) is 20.8 Å². The molecule has 17 heavy (non-hydrogen) atoms. The van der Waals surface area contributed by atoms with Crippen LogP contribution in [0.15, 0.2) is 12.1 Å². The summed E-state index contributed by atoms with van der Waals surface area (Å²) in [5.74, 6) is -0.163. The second-order valence-electron chi connectivity index (χ2n) is 6.18. The predicted molar refractivity (Wildman–Crippen MR) is 71.5 cm³/mol. The molecule has 0 bridgehead atoms. The molecule has 0 aliphatic heterocycles. The van der Waals surface area contributed by atoms with Crippen molar-refractivity contribution in [3.8, 4) is 0 Å². The van der Waals surface area contributed by atoms with Gasteiger partial charge in [-0.05, 0) is 49.3 Å². The van der Waals surface area contributed by atoms with E-state index in [1.807, 2.05) is 19.9 Å². The molecule has 0 aliphatic rings. The fraction of sp³-hybridized carbons (Fsp3) is 0.600. The van der Waals surface area contributed by atoms with Gasteiger partial charge in [0.25, 0.3) is 0 Å². The van der Waals surface area contributed by atoms with Gasteiger partial charge in [0.2, 0.25) is 0 Å². The van der Waals surface area contributed by atoms with Gasteiger partial charge in [0.15, 0.2) is 0 Å². The molecule has 1 aromatic carbocycles. The number of nitrogens with two attached hydrogens (primary N) is 1. The Morgan fingerprint density at radius 1 is 1.24 bits per heavy atom. The Balaban J connectivity index is 2.86. The lowest BCUT2D eigenvalue weighted by molar-refractivity contribution is 0.347.